The van der Waals surface area contributed by atoms with Crippen molar-refractivity contribution in [2.24, 2.45) is 0 Å². The quantitative estimate of drug-likeness (QED) is 0.754. The Balaban J connectivity index is 1.91. The molecule has 19 heavy (non-hydrogen) atoms. The van der Waals surface area contributed by atoms with Crippen LogP contribution in [0, 0.1) is 0 Å². The van der Waals surface area contributed by atoms with E-state index < -0.39 is 0 Å². The maximum absolute atomic E-state index is 11.9. The number of halogens is 2. The van der Waals surface area contributed by atoms with Crippen LogP contribution in [0.1, 0.15) is 38.5 Å². The van der Waals surface area contributed by atoms with Crippen molar-refractivity contribution in [3.63, 3.8) is 0 Å². The first-order valence-electron chi connectivity index (χ1n) is 6.68. The Hall–Kier alpha value is -0.930. The van der Waals surface area contributed by atoms with Gasteiger partial charge in [0.05, 0.1) is 10.7 Å². The molecular weight excluding hydrogens is 283 g/mol. The molecule has 0 aromatic heterocycles. The number of urea groups is 1. The minimum Gasteiger partial charge on any atom is -0.335 e. The van der Waals surface area contributed by atoms with Crippen LogP contribution in [0.4, 0.5) is 10.5 Å². The van der Waals surface area contributed by atoms with Gasteiger partial charge in [0.1, 0.15) is 0 Å². The lowest BCUT2D eigenvalue weighted by molar-refractivity contribution is 0.247. The van der Waals surface area contributed by atoms with Gasteiger partial charge in [-0.05, 0) is 31.0 Å². The molecule has 1 saturated carbocycles. The molecule has 0 bridgehead atoms. The van der Waals surface area contributed by atoms with Gasteiger partial charge in [-0.25, -0.2) is 4.79 Å². The second kappa shape index (κ2) is 7.01. The molecule has 0 atom stereocenters. The Bertz CT molecular complexity index is 443. The number of rotatable bonds is 2. The van der Waals surface area contributed by atoms with Crippen molar-refractivity contribution in [2.45, 2.75) is 44.6 Å². The van der Waals surface area contributed by atoms with E-state index >= 15 is 0 Å². The van der Waals surface area contributed by atoms with E-state index in [1.807, 2.05) is 0 Å². The van der Waals surface area contributed by atoms with E-state index in [0.29, 0.717) is 15.7 Å². The van der Waals surface area contributed by atoms with Crippen LogP contribution in [0.25, 0.3) is 0 Å². The van der Waals surface area contributed by atoms with Crippen LogP contribution in [0.3, 0.4) is 0 Å². The lowest BCUT2D eigenvalue weighted by Gasteiger charge is -2.17. The number of hydrogen-bond acceptors (Lipinski definition) is 1. The molecule has 0 unspecified atom stereocenters. The van der Waals surface area contributed by atoms with E-state index in [1.165, 1.54) is 25.7 Å². The smallest absolute Gasteiger partial charge is 0.319 e. The second-order valence-electron chi connectivity index (χ2n) is 4.91. The van der Waals surface area contributed by atoms with Crippen LogP contribution in [0.15, 0.2) is 18.2 Å². The molecule has 1 aliphatic carbocycles. The van der Waals surface area contributed by atoms with Crippen LogP contribution in [0.5, 0.6) is 0 Å². The highest BCUT2D eigenvalue weighted by Gasteiger charge is 2.15. The van der Waals surface area contributed by atoms with E-state index in [4.69, 9.17) is 23.2 Å². The predicted octanol–water partition coefficient (Wildman–Crippen LogP) is 4.84. The maximum atomic E-state index is 11.9. The summed E-state index contributed by atoms with van der Waals surface area (Å²) in [5.74, 6) is 0. The standard InChI is InChI=1S/C14H18Cl2N2O/c15-10-7-8-12(16)13(9-10)18-14(19)17-11-5-3-1-2-4-6-11/h7-9,11H,1-6H2,(H2,17,18,19). The van der Waals surface area contributed by atoms with E-state index in [-0.39, 0.29) is 12.1 Å². The molecule has 2 rings (SSSR count). The third kappa shape index (κ3) is 4.59. The zero-order valence-corrected chi connectivity index (χ0v) is 12.2. The number of carbonyl (C=O) groups excluding carboxylic acids is 1. The summed E-state index contributed by atoms with van der Waals surface area (Å²) in [5.41, 5.74) is 0.542. The fourth-order valence-corrected chi connectivity index (χ4v) is 2.70. The SMILES string of the molecule is O=C(Nc1cc(Cl)ccc1Cl)NC1CCCCCC1. The summed E-state index contributed by atoms with van der Waals surface area (Å²) in [6, 6.07) is 5.07. The second-order valence-corrected chi connectivity index (χ2v) is 5.75. The summed E-state index contributed by atoms with van der Waals surface area (Å²) in [4.78, 5) is 11.9. The lowest BCUT2D eigenvalue weighted by Crippen LogP contribution is -2.37. The summed E-state index contributed by atoms with van der Waals surface area (Å²) < 4.78 is 0. The first kappa shape index (κ1) is 14.5. The Morgan fingerprint density at radius 2 is 1.79 bits per heavy atom. The van der Waals surface area contributed by atoms with Crippen molar-refractivity contribution in [1.29, 1.82) is 0 Å². The average molecular weight is 301 g/mol. The molecule has 0 aliphatic heterocycles. The van der Waals surface area contributed by atoms with Crippen molar-refractivity contribution < 1.29 is 4.79 Å². The minimum absolute atomic E-state index is 0.212. The number of nitrogens with one attached hydrogen (secondary N) is 2. The topological polar surface area (TPSA) is 41.1 Å². The van der Waals surface area contributed by atoms with Crippen molar-refractivity contribution in [3.05, 3.63) is 28.2 Å². The van der Waals surface area contributed by atoms with Crippen molar-refractivity contribution >= 4 is 34.9 Å². The number of anilines is 1. The van der Waals surface area contributed by atoms with Gasteiger partial charge in [0.25, 0.3) is 0 Å². The van der Waals surface area contributed by atoms with Gasteiger partial charge in [-0.1, -0.05) is 48.9 Å². The molecule has 1 aliphatic rings. The molecule has 104 valence electrons. The van der Waals surface area contributed by atoms with Gasteiger partial charge < -0.3 is 10.6 Å². The van der Waals surface area contributed by atoms with E-state index in [1.54, 1.807) is 18.2 Å². The Morgan fingerprint density at radius 1 is 1.11 bits per heavy atom. The average Bonchev–Trinajstić information content (AvgIpc) is 2.62. The highest BCUT2D eigenvalue weighted by molar-refractivity contribution is 6.35. The van der Waals surface area contributed by atoms with Crippen LogP contribution >= 0.6 is 23.2 Å². The summed E-state index contributed by atoms with van der Waals surface area (Å²) in [5, 5.41) is 6.79. The van der Waals surface area contributed by atoms with Crippen LogP contribution in [-0.2, 0) is 0 Å². The number of carbonyl (C=O) groups is 1. The molecule has 0 heterocycles. The summed E-state index contributed by atoms with van der Waals surface area (Å²) in [6.45, 7) is 0. The normalized spacial score (nSPS) is 16.7. The Labute approximate surface area is 123 Å². The van der Waals surface area contributed by atoms with Crippen LogP contribution in [0.2, 0.25) is 10.0 Å². The third-order valence-corrected chi connectivity index (χ3v) is 3.93. The molecule has 3 nitrogen and oxygen atoms in total. The summed E-state index contributed by atoms with van der Waals surface area (Å²) >= 11 is 11.9. The minimum atomic E-state index is -0.212. The maximum Gasteiger partial charge on any atom is 0.319 e. The van der Waals surface area contributed by atoms with Crippen LogP contribution in [-0.4, -0.2) is 12.1 Å². The molecule has 0 saturated heterocycles. The highest BCUT2D eigenvalue weighted by atomic mass is 35.5. The Kier molecular flexibility index (Phi) is 5.34. The largest absolute Gasteiger partial charge is 0.335 e. The first-order valence-corrected chi connectivity index (χ1v) is 7.43. The zero-order valence-electron chi connectivity index (χ0n) is 10.7. The van der Waals surface area contributed by atoms with Crippen molar-refractivity contribution in [3.8, 4) is 0 Å². The monoisotopic (exact) mass is 300 g/mol. The van der Waals surface area contributed by atoms with Gasteiger partial charge in [0.2, 0.25) is 0 Å². The molecule has 1 aromatic rings. The molecule has 0 radical (unpaired) electrons. The van der Waals surface area contributed by atoms with Gasteiger partial charge >= 0.3 is 6.03 Å². The van der Waals surface area contributed by atoms with E-state index in [2.05, 4.69) is 10.6 Å². The molecular formula is C14H18Cl2N2O. The molecule has 1 aromatic carbocycles. The lowest BCUT2D eigenvalue weighted by atomic mass is 10.1. The number of benzene rings is 1. The zero-order chi connectivity index (χ0) is 13.7. The van der Waals surface area contributed by atoms with Gasteiger partial charge in [-0.15, -0.1) is 0 Å². The van der Waals surface area contributed by atoms with Gasteiger partial charge in [0.15, 0.2) is 0 Å². The Morgan fingerprint density at radius 3 is 2.47 bits per heavy atom. The highest BCUT2D eigenvalue weighted by Crippen LogP contribution is 2.25. The van der Waals surface area contributed by atoms with Crippen molar-refractivity contribution in [1.82, 2.24) is 5.32 Å². The fraction of sp³-hybridized carbons (Fsp3) is 0.500. The predicted molar refractivity (Wildman–Crippen MR) is 80.1 cm³/mol. The number of hydrogen-bond donors (Lipinski definition) is 2. The van der Waals surface area contributed by atoms with E-state index in [9.17, 15) is 4.79 Å². The molecule has 0 spiro atoms. The van der Waals surface area contributed by atoms with Crippen molar-refractivity contribution in [2.75, 3.05) is 5.32 Å². The first-order chi connectivity index (χ1) is 9.15. The van der Waals surface area contributed by atoms with E-state index in [0.717, 1.165) is 12.8 Å². The summed E-state index contributed by atoms with van der Waals surface area (Å²) in [7, 11) is 0. The summed E-state index contributed by atoms with van der Waals surface area (Å²) in [6.07, 6.45) is 7.00. The molecule has 1 fully saturated rings. The van der Waals surface area contributed by atoms with Gasteiger partial charge in [0, 0.05) is 11.1 Å². The molecule has 2 N–H and O–H groups in total. The third-order valence-electron chi connectivity index (χ3n) is 3.37. The number of amides is 2. The fourth-order valence-electron chi connectivity index (χ4n) is 2.36. The molecule has 5 heteroatoms. The molecule has 2 amide bonds. The van der Waals surface area contributed by atoms with Gasteiger partial charge in [-0.3, -0.25) is 0 Å². The van der Waals surface area contributed by atoms with Gasteiger partial charge in [-0.2, -0.15) is 0 Å². The van der Waals surface area contributed by atoms with Crippen LogP contribution < -0.4 is 10.6 Å².